The van der Waals surface area contributed by atoms with Gasteiger partial charge in [0.1, 0.15) is 11.5 Å². The maximum Gasteiger partial charge on any atom is 0.387 e. The average Bonchev–Trinajstić information content (AvgIpc) is 3.28. The Morgan fingerprint density at radius 1 is 1.03 bits per heavy atom. The monoisotopic (exact) mass is 466 g/mol. The predicted octanol–water partition coefficient (Wildman–Crippen LogP) is 5.09. The topological polar surface area (TPSA) is 67.9 Å². The van der Waals surface area contributed by atoms with Crippen molar-refractivity contribution in [3.8, 4) is 11.5 Å². The van der Waals surface area contributed by atoms with Gasteiger partial charge in [-0.15, -0.1) is 0 Å². The molecule has 2 aromatic carbocycles. The summed E-state index contributed by atoms with van der Waals surface area (Å²) in [6.07, 6.45) is 4.19. The number of hydrogen-bond acceptors (Lipinski definition) is 4. The van der Waals surface area contributed by atoms with E-state index in [4.69, 9.17) is 0 Å². The Morgan fingerprint density at radius 3 is 2.39 bits per heavy atom. The van der Waals surface area contributed by atoms with Crippen LogP contribution in [0, 0.1) is 6.92 Å². The maximum absolute atomic E-state index is 12.7. The third-order valence-electron chi connectivity index (χ3n) is 5.06. The van der Waals surface area contributed by atoms with Crippen LogP contribution in [-0.2, 0) is 4.79 Å². The summed E-state index contributed by atoms with van der Waals surface area (Å²) < 4.78 is 58.7. The Kier molecular flexibility index (Phi) is 7.92. The van der Waals surface area contributed by atoms with E-state index in [0.29, 0.717) is 29.9 Å². The second-order valence-corrected chi connectivity index (χ2v) is 7.26. The number of anilines is 1. The van der Waals surface area contributed by atoms with E-state index >= 15 is 0 Å². The van der Waals surface area contributed by atoms with Crippen LogP contribution >= 0.6 is 0 Å². The van der Waals surface area contributed by atoms with E-state index in [2.05, 4.69) is 14.8 Å². The minimum absolute atomic E-state index is 0.0572. The highest BCUT2D eigenvalue weighted by Gasteiger charge is 2.22. The summed E-state index contributed by atoms with van der Waals surface area (Å²) in [5.74, 6) is -1.48. The molecule has 0 radical (unpaired) electrons. The molecular weight excluding hydrogens is 444 g/mol. The number of ether oxygens (including phenoxy) is 2. The molecule has 10 heteroatoms. The zero-order chi connectivity index (χ0) is 24.0. The lowest BCUT2D eigenvalue weighted by Crippen LogP contribution is -2.28. The number of hydrogen-bond donors (Lipinski definition) is 1. The second kappa shape index (κ2) is 10.8. The number of carbonyl (C=O) groups is 2. The van der Waals surface area contributed by atoms with Crippen molar-refractivity contribution in [2.24, 2.45) is 0 Å². The fraction of sp³-hybridized carbons (Fsp3) is 0.304. The molecule has 1 fully saturated rings. The van der Waals surface area contributed by atoms with Crippen LogP contribution < -0.4 is 14.8 Å². The van der Waals surface area contributed by atoms with Crippen molar-refractivity contribution in [1.29, 1.82) is 0 Å². The molecule has 176 valence electrons. The molecule has 2 aromatic rings. The molecule has 0 aromatic heterocycles. The smallest absolute Gasteiger partial charge is 0.387 e. The van der Waals surface area contributed by atoms with Crippen LogP contribution in [0.5, 0.6) is 11.5 Å². The largest absolute Gasteiger partial charge is 0.435 e. The number of nitrogens with zero attached hydrogens (tertiary/aromatic N) is 1. The van der Waals surface area contributed by atoms with Crippen molar-refractivity contribution < 1.29 is 36.6 Å². The Bertz CT molecular complexity index is 1040. The van der Waals surface area contributed by atoms with E-state index in [1.165, 1.54) is 12.1 Å². The number of likely N-dealkylation sites (tertiary alicyclic amines) is 1. The number of carbonyl (C=O) groups excluding carboxylic acids is 2. The van der Waals surface area contributed by atoms with Gasteiger partial charge in [0.05, 0.1) is 0 Å². The summed E-state index contributed by atoms with van der Waals surface area (Å²) in [5.41, 5.74) is 1.58. The van der Waals surface area contributed by atoms with Gasteiger partial charge in [0.25, 0.3) is 5.91 Å². The van der Waals surface area contributed by atoms with E-state index in [9.17, 15) is 27.2 Å². The van der Waals surface area contributed by atoms with Gasteiger partial charge >= 0.3 is 13.2 Å². The average molecular weight is 466 g/mol. The van der Waals surface area contributed by atoms with Gasteiger partial charge < -0.3 is 19.7 Å². The van der Waals surface area contributed by atoms with Crippen molar-refractivity contribution >= 4 is 23.6 Å². The van der Waals surface area contributed by atoms with E-state index in [-0.39, 0.29) is 17.2 Å². The summed E-state index contributed by atoms with van der Waals surface area (Å²) in [4.78, 5) is 26.9. The predicted molar refractivity (Wildman–Crippen MR) is 114 cm³/mol. The number of amides is 2. The quantitative estimate of drug-likeness (QED) is 0.435. The highest BCUT2D eigenvalue weighted by Crippen LogP contribution is 2.29. The van der Waals surface area contributed by atoms with Crippen molar-refractivity contribution in [1.82, 2.24) is 4.90 Å². The number of benzene rings is 2. The first-order chi connectivity index (χ1) is 15.7. The fourth-order valence-electron chi connectivity index (χ4n) is 3.46. The van der Waals surface area contributed by atoms with Crippen LogP contribution in [0.25, 0.3) is 6.08 Å². The molecule has 1 heterocycles. The number of halogens is 4. The van der Waals surface area contributed by atoms with Gasteiger partial charge in [-0.2, -0.15) is 17.6 Å². The second-order valence-electron chi connectivity index (χ2n) is 7.26. The van der Waals surface area contributed by atoms with Gasteiger partial charge in [0.15, 0.2) is 0 Å². The molecule has 3 rings (SSSR count). The lowest BCUT2D eigenvalue weighted by molar-refractivity contribution is -0.111. The first-order valence-electron chi connectivity index (χ1n) is 10.2. The molecule has 1 aliphatic rings. The van der Waals surface area contributed by atoms with Crippen molar-refractivity contribution in [2.75, 3.05) is 18.4 Å². The summed E-state index contributed by atoms with van der Waals surface area (Å²) >= 11 is 0. The zero-order valence-electron chi connectivity index (χ0n) is 17.7. The summed E-state index contributed by atoms with van der Waals surface area (Å²) in [7, 11) is 0. The SMILES string of the molecule is Cc1c(NC(=O)/C=C/c2ccc(OC(F)F)cc2OC(F)F)cccc1C(=O)N1CCCC1. The third-order valence-corrected chi connectivity index (χ3v) is 5.06. The van der Waals surface area contributed by atoms with Crippen LogP contribution in [0.4, 0.5) is 23.2 Å². The van der Waals surface area contributed by atoms with Crippen LogP contribution in [0.3, 0.4) is 0 Å². The molecule has 0 atom stereocenters. The highest BCUT2D eigenvalue weighted by molar-refractivity contribution is 6.04. The van der Waals surface area contributed by atoms with Crippen LogP contribution in [0.2, 0.25) is 0 Å². The van der Waals surface area contributed by atoms with Crippen molar-refractivity contribution in [2.45, 2.75) is 33.0 Å². The molecule has 33 heavy (non-hydrogen) atoms. The third kappa shape index (κ3) is 6.47. The van der Waals surface area contributed by atoms with E-state index in [0.717, 1.165) is 31.1 Å². The van der Waals surface area contributed by atoms with Gasteiger partial charge in [-0.1, -0.05) is 6.07 Å². The Hall–Kier alpha value is -3.56. The van der Waals surface area contributed by atoms with Crippen molar-refractivity contribution in [3.05, 3.63) is 59.2 Å². The summed E-state index contributed by atoms with van der Waals surface area (Å²) in [6.45, 7) is -3.22. The Labute approximate surface area is 187 Å². The zero-order valence-corrected chi connectivity index (χ0v) is 17.7. The normalized spacial score (nSPS) is 13.7. The van der Waals surface area contributed by atoms with E-state index in [1.54, 1.807) is 30.0 Å². The first kappa shape index (κ1) is 24.1. The minimum atomic E-state index is -3.20. The highest BCUT2D eigenvalue weighted by atomic mass is 19.3. The molecule has 1 saturated heterocycles. The van der Waals surface area contributed by atoms with Gasteiger partial charge in [0, 0.05) is 42.0 Å². The van der Waals surface area contributed by atoms with Gasteiger partial charge in [-0.3, -0.25) is 9.59 Å². The van der Waals surface area contributed by atoms with Gasteiger partial charge in [-0.25, -0.2) is 0 Å². The molecule has 0 saturated carbocycles. The number of alkyl halides is 4. The molecule has 1 N–H and O–H groups in total. The van der Waals surface area contributed by atoms with Crippen LogP contribution in [0.15, 0.2) is 42.5 Å². The maximum atomic E-state index is 12.7. The van der Waals surface area contributed by atoms with E-state index in [1.807, 2.05) is 0 Å². The van der Waals surface area contributed by atoms with Crippen LogP contribution in [0.1, 0.15) is 34.3 Å². The number of rotatable bonds is 8. The molecule has 1 aliphatic heterocycles. The van der Waals surface area contributed by atoms with Crippen LogP contribution in [-0.4, -0.2) is 43.0 Å². The van der Waals surface area contributed by atoms with E-state index < -0.39 is 24.9 Å². The molecule has 0 unspecified atom stereocenters. The molecular formula is C23H22F4N2O4. The number of nitrogens with one attached hydrogen (secondary N) is 1. The minimum Gasteiger partial charge on any atom is -0.435 e. The van der Waals surface area contributed by atoms with Gasteiger partial charge in [-0.05, 0) is 55.7 Å². The molecule has 2 amide bonds. The first-order valence-corrected chi connectivity index (χ1v) is 10.2. The van der Waals surface area contributed by atoms with Crippen molar-refractivity contribution in [3.63, 3.8) is 0 Å². The Morgan fingerprint density at radius 2 is 1.73 bits per heavy atom. The molecule has 0 bridgehead atoms. The molecule has 6 nitrogen and oxygen atoms in total. The lowest BCUT2D eigenvalue weighted by atomic mass is 10.1. The molecule has 0 spiro atoms. The lowest BCUT2D eigenvalue weighted by Gasteiger charge is -2.18. The Balaban J connectivity index is 1.75. The summed E-state index contributed by atoms with van der Waals surface area (Å²) in [6, 6.07) is 8.22. The summed E-state index contributed by atoms with van der Waals surface area (Å²) in [5, 5.41) is 2.65. The fourth-order valence-corrected chi connectivity index (χ4v) is 3.46. The molecule has 0 aliphatic carbocycles. The standard InChI is InChI=1S/C23H22F4N2O4/c1-14-17(21(31)29-11-2-3-12-29)5-4-6-18(14)28-20(30)10-8-15-7-9-16(32-22(24)25)13-19(15)33-23(26)27/h4-10,13,22-23H,2-3,11-12H2,1H3,(H,28,30)/b10-8+. The van der Waals surface area contributed by atoms with Gasteiger partial charge in [0.2, 0.25) is 5.91 Å².